The monoisotopic (exact) mass is 240 g/mol. The van der Waals surface area contributed by atoms with Gasteiger partial charge in [0.15, 0.2) is 5.82 Å². The predicted octanol–water partition coefficient (Wildman–Crippen LogP) is 1.25. The lowest BCUT2D eigenvalue weighted by Gasteiger charge is -2.06. The van der Waals surface area contributed by atoms with Gasteiger partial charge in [0.2, 0.25) is 0 Å². The van der Waals surface area contributed by atoms with E-state index in [-0.39, 0.29) is 0 Å². The Morgan fingerprint density at radius 2 is 2.06 bits per heavy atom. The van der Waals surface area contributed by atoms with Crippen molar-refractivity contribution in [3.05, 3.63) is 43.2 Å². The molecule has 3 aromatic heterocycles. The lowest BCUT2D eigenvalue weighted by molar-refractivity contribution is 0.751. The Morgan fingerprint density at radius 3 is 2.78 bits per heavy atom. The molecule has 0 unspecified atom stereocenters. The SMILES string of the molecule is Cn1ccc(-n2cncc2-c2cnccc2N)n1. The van der Waals surface area contributed by atoms with Gasteiger partial charge in [-0.2, -0.15) is 5.10 Å². The zero-order chi connectivity index (χ0) is 12.5. The molecule has 2 N–H and O–H groups in total. The van der Waals surface area contributed by atoms with Crippen LogP contribution in [0.4, 0.5) is 5.69 Å². The largest absolute Gasteiger partial charge is 0.398 e. The van der Waals surface area contributed by atoms with Crippen molar-refractivity contribution in [3.8, 4) is 17.1 Å². The maximum absolute atomic E-state index is 5.96. The molecule has 0 aliphatic carbocycles. The van der Waals surface area contributed by atoms with E-state index in [1.807, 2.05) is 23.9 Å². The number of rotatable bonds is 2. The minimum Gasteiger partial charge on any atom is -0.398 e. The van der Waals surface area contributed by atoms with Crippen LogP contribution in [0.3, 0.4) is 0 Å². The van der Waals surface area contributed by atoms with Gasteiger partial charge in [-0.05, 0) is 6.07 Å². The summed E-state index contributed by atoms with van der Waals surface area (Å²) in [6.45, 7) is 0. The van der Waals surface area contributed by atoms with E-state index < -0.39 is 0 Å². The average molecular weight is 240 g/mol. The summed E-state index contributed by atoms with van der Waals surface area (Å²) < 4.78 is 3.62. The van der Waals surface area contributed by atoms with Gasteiger partial charge in [0, 0.05) is 43.0 Å². The van der Waals surface area contributed by atoms with Crippen LogP contribution in [0.2, 0.25) is 0 Å². The highest BCUT2D eigenvalue weighted by molar-refractivity contribution is 5.73. The van der Waals surface area contributed by atoms with Crippen LogP contribution in [0, 0.1) is 0 Å². The third kappa shape index (κ3) is 1.64. The first kappa shape index (κ1) is 10.5. The fourth-order valence-electron chi connectivity index (χ4n) is 1.83. The summed E-state index contributed by atoms with van der Waals surface area (Å²) in [6.07, 6.45) is 8.74. The van der Waals surface area contributed by atoms with Crippen LogP contribution in [-0.2, 0) is 7.05 Å². The maximum atomic E-state index is 5.96. The third-order valence-electron chi connectivity index (χ3n) is 2.72. The number of hydrogen-bond donors (Lipinski definition) is 1. The molecule has 0 atom stereocenters. The molecule has 0 amide bonds. The van der Waals surface area contributed by atoms with Gasteiger partial charge in [0.05, 0.1) is 11.9 Å². The van der Waals surface area contributed by atoms with Gasteiger partial charge >= 0.3 is 0 Å². The van der Waals surface area contributed by atoms with E-state index in [9.17, 15) is 0 Å². The molecular formula is C12H12N6. The van der Waals surface area contributed by atoms with Gasteiger partial charge < -0.3 is 5.73 Å². The Balaban J connectivity index is 2.15. The molecule has 0 bridgehead atoms. The Bertz CT molecular complexity index is 681. The molecule has 0 aliphatic heterocycles. The van der Waals surface area contributed by atoms with Crippen molar-refractivity contribution >= 4 is 5.69 Å². The minimum atomic E-state index is 0.669. The number of nitrogen functional groups attached to an aromatic ring is 1. The summed E-state index contributed by atoms with van der Waals surface area (Å²) in [4.78, 5) is 8.25. The fourth-order valence-corrected chi connectivity index (χ4v) is 1.83. The normalized spacial score (nSPS) is 10.7. The maximum Gasteiger partial charge on any atom is 0.160 e. The number of pyridine rings is 1. The van der Waals surface area contributed by atoms with Crippen LogP contribution in [0.1, 0.15) is 0 Å². The fraction of sp³-hybridized carbons (Fsp3) is 0.0833. The zero-order valence-corrected chi connectivity index (χ0v) is 9.85. The van der Waals surface area contributed by atoms with Crippen molar-refractivity contribution in [1.29, 1.82) is 0 Å². The van der Waals surface area contributed by atoms with Gasteiger partial charge in [-0.1, -0.05) is 0 Å². The molecule has 0 saturated heterocycles. The van der Waals surface area contributed by atoms with Gasteiger partial charge in [0.25, 0.3) is 0 Å². The van der Waals surface area contributed by atoms with Crippen molar-refractivity contribution < 1.29 is 0 Å². The van der Waals surface area contributed by atoms with Crippen molar-refractivity contribution in [2.24, 2.45) is 7.05 Å². The molecular weight excluding hydrogens is 228 g/mol. The number of hydrogen-bond acceptors (Lipinski definition) is 4. The first-order valence-corrected chi connectivity index (χ1v) is 5.48. The molecule has 3 rings (SSSR count). The molecule has 3 aromatic rings. The van der Waals surface area contributed by atoms with E-state index in [0.717, 1.165) is 17.1 Å². The molecule has 90 valence electrons. The zero-order valence-electron chi connectivity index (χ0n) is 9.85. The summed E-state index contributed by atoms with van der Waals surface area (Å²) in [7, 11) is 1.87. The number of aryl methyl sites for hydroxylation is 1. The van der Waals surface area contributed by atoms with Crippen molar-refractivity contribution in [3.63, 3.8) is 0 Å². The number of aromatic nitrogens is 5. The lowest BCUT2D eigenvalue weighted by atomic mass is 10.2. The van der Waals surface area contributed by atoms with Crippen LogP contribution in [0.25, 0.3) is 17.1 Å². The van der Waals surface area contributed by atoms with Gasteiger partial charge in [-0.15, -0.1) is 0 Å². The Morgan fingerprint density at radius 1 is 1.17 bits per heavy atom. The Labute approximate surface area is 104 Å². The van der Waals surface area contributed by atoms with Gasteiger partial charge in [-0.25, -0.2) is 4.98 Å². The standard InChI is InChI=1S/C12H12N6/c1-17-5-3-12(16-17)18-8-15-7-11(18)9-6-14-4-2-10(9)13/h2-8H,1H3,(H2,13,14). The second-order valence-corrected chi connectivity index (χ2v) is 3.96. The quantitative estimate of drug-likeness (QED) is 0.731. The summed E-state index contributed by atoms with van der Waals surface area (Å²) in [5.74, 6) is 0.799. The summed E-state index contributed by atoms with van der Waals surface area (Å²) in [5, 5.41) is 4.35. The first-order valence-electron chi connectivity index (χ1n) is 5.48. The molecule has 6 nitrogen and oxygen atoms in total. The van der Waals surface area contributed by atoms with E-state index in [0.29, 0.717) is 5.69 Å². The van der Waals surface area contributed by atoms with E-state index in [1.165, 1.54) is 0 Å². The highest BCUT2D eigenvalue weighted by atomic mass is 15.3. The topological polar surface area (TPSA) is 74.5 Å². The van der Waals surface area contributed by atoms with Crippen molar-refractivity contribution in [2.75, 3.05) is 5.73 Å². The van der Waals surface area contributed by atoms with Gasteiger partial charge in [-0.3, -0.25) is 14.2 Å². The molecule has 3 heterocycles. The number of anilines is 1. The Kier molecular flexibility index (Phi) is 2.33. The molecule has 0 aliphatic rings. The molecule has 0 aromatic carbocycles. The van der Waals surface area contributed by atoms with E-state index >= 15 is 0 Å². The smallest absolute Gasteiger partial charge is 0.160 e. The van der Waals surface area contributed by atoms with E-state index in [1.54, 1.807) is 35.7 Å². The highest BCUT2D eigenvalue weighted by Crippen LogP contribution is 2.25. The number of imidazole rings is 1. The molecule has 0 radical (unpaired) electrons. The second-order valence-electron chi connectivity index (χ2n) is 3.96. The van der Waals surface area contributed by atoms with Crippen LogP contribution < -0.4 is 5.73 Å². The summed E-state index contributed by atoms with van der Waals surface area (Å²) >= 11 is 0. The molecule has 0 saturated carbocycles. The average Bonchev–Trinajstić information content (AvgIpc) is 2.98. The van der Waals surface area contributed by atoms with Crippen LogP contribution in [0.15, 0.2) is 43.2 Å². The minimum absolute atomic E-state index is 0.669. The molecule has 6 heteroatoms. The van der Waals surface area contributed by atoms with Crippen LogP contribution >= 0.6 is 0 Å². The summed E-state index contributed by atoms with van der Waals surface area (Å²) in [5.41, 5.74) is 8.35. The Hall–Kier alpha value is -2.63. The van der Waals surface area contributed by atoms with Gasteiger partial charge in [0.1, 0.15) is 6.33 Å². The third-order valence-corrected chi connectivity index (χ3v) is 2.72. The molecule has 0 spiro atoms. The first-order chi connectivity index (χ1) is 8.75. The van der Waals surface area contributed by atoms with E-state index in [4.69, 9.17) is 5.73 Å². The lowest BCUT2D eigenvalue weighted by Crippen LogP contribution is -2.00. The molecule has 18 heavy (non-hydrogen) atoms. The van der Waals surface area contributed by atoms with Crippen LogP contribution in [-0.4, -0.2) is 24.3 Å². The van der Waals surface area contributed by atoms with E-state index in [2.05, 4.69) is 15.1 Å². The predicted molar refractivity (Wildman–Crippen MR) is 68.0 cm³/mol. The molecule has 0 fully saturated rings. The summed E-state index contributed by atoms with van der Waals surface area (Å²) in [6, 6.07) is 3.68. The number of nitrogens with zero attached hydrogens (tertiary/aromatic N) is 5. The van der Waals surface area contributed by atoms with Crippen molar-refractivity contribution in [2.45, 2.75) is 0 Å². The van der Waals surface area contributed by atoms with Crippen molar-refractivity contribution in [1.82, 2.24) is 24.3 Å². The second kappa shape index (κ2) is 3.99. The van der Waals surface area contributed by atoms with Crippen LogP contribution in [0.5, 0.6) is 0 Å². The highest BCUT2D eigenvalue weighted by Gasteiger charge is 2.11. The number of nitrogens with two attached hydrogens (primary N) is 1.